The Morgan fingerprint density at radius 1 is 1.18 bits per heavy atom. The molecule has 1 atom stereocenters. The molecule has 4 rings (SSSR count). The molecule has 0 radical (unpaired) electrons. The summed E-state index contributed by atoms with van der Waals surface area (Å²) >= 11 is 0. The highest BCUT2D eigenvalue weighted by Crippen LogP contribution is 2.30. The number of carbonyl (C=O) groups excluding carboxylic acids is 1. The van der Waals surface area contributed by atoms with Crippen LogP contribution in [0.25, 0.3) is 0 Å². The summed E-state index contributed by atoms with van der Waals surface area (Å²) in [6.45, 7) is 1.96. The number of carbonyl (C=O) groups is 1. The van der Waals surface area contributed by atoms with Crippen LogP contribution in [0.1, 0.15) is 41.9 Å². The van der Waals surface area contributed by atoms with E-state index < -0.39 is 11.6 Å². The van der Waals surface area contributed by atoms with E-state index in [9.17, 15) is 13.6 Å². The van der Waals surface area contributed by atoms with E-state index in [0.717, 1.165) is 44.4 Å². The second kappa shape index (κ2) is 8.26. The van der Waals surface area contributed by atoms with Crippen molar-refractivity contribution < 1.29 is 27.6 Å². The Labute approximate surface area is 161 Å². The lowest BCUT2D eigenvalue weighted by atomic mass is 10.2. The molecule has 2 aliphatic rings. The predicted octanol–water partition coefficient (Wildman–Crippen LogP) is 3.56. The average molecular weight is 392 g/mol. The minimum Gasteiger partial charge on any atom is -0.485 e. The molecule has 6 nitrogen and oxygen atoms in total. The monoisotopic (exact) mass is 392 g/mol. The quantitative estimate of drug-likeness (QED) is 0.687. The van der Waals surface area contributed by atoms with E-state index in [1.165, 1.54) is 12.1 Å². The van der Waals surface area contributed by atoms with Gasteiger partial charge in [-0.1, -0.05) is 5.16 Å². The van der Waals surface area contributed by atoms with Crippen LogP contribution in [0.2, 0.25) is 0 Å². The molecule has 0 spiro atoms. The van der Waals surface area contributed by atoms with E-state index in [0.29, 0.717) is 24.8 Å². The number of halogens is 2. The number of aromatic nitrogens is 1. The van der Waals surface area contributed by atoms with Crippen molar-refractivity contribution in [2.24, 2.45) is 5.92 Å². The standard InChI is InChI=1S/C20H22F2N2O4/c21-17-6-5-14(8-18(17)22)27-12-16-9-19(23-28-16)20(25)24(10-13-3-4-13)11-15-2-1-7-26-15/h5-6,8-9,13,15H,1-4,7,10-12H2. The normalized spacial score (nSPS) is 19.0. The zero-order valence-electron chi connectivity index (χ0n) is 15.4. The summed E-state index contributed by atoms with van der Waals surface area (Å²) < 4.78 is 42.4. The van der Waals surface area contributed by atoms with Crippen LogP contribution in [-0.2, 0) is 11.3 Å². The highest BCUT2D eigenvalue weighted by molar-refractivity contribution is 5.92. The third-order valence-corrected chi connectivity index (χ3v) is 4.96. The van der Waals surface area contributed by atoms with Gasteiger partial charge in [-0.15, -0.1) is 0 Å². The highest BCUT2D eigenvalue weighted by atomic mass is 19.2. The van der Waals surface area contributed by atoms with Gasteiger partial charge in [-0.2, -0.15) is 0 Å². The number of benzene rings is 1. The molecule has 1 aliphatic carbocycles. The molecule has 2 fully saturated rings. The van der Waals surface area contributed by atoms with Crippen molar-refractivity contribution in [3.8, 4) is 5.75 Å². The van der Waals surface area contributed by atoms with Crippen LogP contribution in [0.15, 0.2) is 28.8 Å². The summed E-state index contributed by atoms with van der Waals surface area (Å²) in [7, 11) is 0. The Hall–Kier alpha value is -2.48. The van der Waals surface area contributed by atoms with Gasteiger partial charge < -0.3 is 18.9 Å². The van der Waals surface area contributed by atoms with E-state index in [-0.39, 0.29) is 30.1 Å². The maximum absolute atomic E-state index is 13.2. The summed E-state index contributed by atoms with van der Waals surface area (Å²) in [5.41, 5.74) is 0.211. The van der Waals surface area contributed by atoms with E-state index >= 15 is 0 Å². The molecule has 150 valence electrons. The van der Waals surface area contributed by atoms with Crippen LogP contribution in [0.5, 0.6) is 5.75 Å². The number of rotatable bonds is 8. The van der Waals surface area contributed by atoms with Gasteiger partial charge in [0, 0.05) is 31.8 Å². The summed E-state index contributed by atoms with van der Waals surface area (Å²) in [5, 5.41) is 3.86. The number of hydrogen-bond donors (Lipinski definition) is 0. The largest absolute Gasteiger partial charge is 0.485 e. The van der Waals surface area contributed by atoms with Gasteiger partial charge in [-0.05, 0) is 43.7 Å². The van der Waals surface area contributed by atoms with Gasteiger partial charge >= 0.3 is 0 Å². The molecule has 1 amide bonds. The first-order chi connectivity index (χ1) is 13.6. The highest BCUT2D eigenvalue weighted by Gasteiger charge is 2.31. The Balaban J connectivity index is 1.38. The fourth-order valence-corrected chi connectivity index (χ4v) is 3.25. The molecule has 1 aromatic carbocycles. The lowest BCUT2D eigenvalue weighted by molar-refractivity contribution is 0.0507. The van der Waals surface area contributed by atoms with Crippen molar-refractivity contribution in [2.75, 3.05) is 19.7 Å². The molecule has 1 unspecified atom stereocenters. The summed E-state index contributed by atoms with van der Waals surface area (Å²) in [4.78, 5) is 14.7. The van der Waals surface area contributed by atoms with Crippen molar-refractivity contribution in [1.82, 2.24) is 10.1 Å². The minimum absolute atomic E-state index is 0.0420. The van der Waals surface area contributed by atoms with Crippen molar-refractivity contribution in [1.29, 1.82) is 0 Å². The van der Waals surface area contributed by atoms with Gasteiger partial charge in [-0.25, -0.2) is 8.78 Å². The van der Waals surface area contributed by atoms with Crippen LogP contribution >= 0.6 is 0 Å². The zero-order valence-corrected chi connectivity index (χ0v) is 15.4. The topological polar surface area (TPSA) is 64.8 Å². The van der Waals surface area contributed by atoms with Crippen molar-refractivity contribution >= 4 is 5.91 Å². The molecule has 1 aromatic heterocycles. The van der Waals surface area contributed by atoms with Crippen LogP contribution in [0.3, 0.4) is 0 Å². The van der Waals surface area contributed by atoms with E-state index in [1.54, 1.807) is 4.90 Å². The zero-order chi connectivity index (χ0) is 19.5. The summed E-state index contributed by atoms with van der Waals surface area (Å²) in [5.74, 6) is -1.08. The third-order valence-electron chi connectivity index (χ3n) is 4.96. The maximum Gasteiger partial charge on any atom is 0.276 e. The van der Waals surface area contributed by atoms with E-state index in [1.807, 2.05) is 0 Å². The summed E-state index contributed by atoms with van der Waals surface area (Å²) in [6, 6.07) is 4.79. The Morgan fingerprint density at radius 2 is 2.04 bits per heavy atom. The first kappa shape index (κ1) is 18.9. The molecule has 1 saturated heterocycles. The first-order valence-corrected chi connectivity index (χ1v) is 9.53. The SMILES string of the molecule is O=C(c1cc(COc2ccc(F)c(F)c2)on1)N(CC1CC1)CC1CCCO1. The van der Waals surface area contributed by atoms with Crippen molar-refractivity contribution in [3.05, 3.63) is 47.4 Å². The molecule has 0 N–H and O–H groups in total. The van der Waals surface area contributed by atoms with Crippen molar-refractivity contribution in [2.45, 2.75) is 38.4 Å². The lowest BCUT2D eigenvalue weighted by Gasteiger charge is -2.24. The predicted molar refractivity (Wildman–Crippen MR) is 94.8 cm³/mol. The second-order valence-electron chi connectivity index (χ2n) is 7.33. The Morgan fingerprint density at radius 3 is 2.75 bits per heavy atom. The fraction of sp³-hybridized carbons (Fsp3) is 0.500. The lowest BCUT2D eigenvalue weighted by Crippen LogP contribution is -2.39. The molecule has 0 bridgehead atoms. The van der Waals surface area contributed by atoms with Gasteiger partial charge in [0.15, 0.2) is 23.1 Å². The fourth-order valence-electron chi connectivity index (χ4n) is 3.25. The third kappa shape index (κ3) is 4.67. The van der Waals surface area contributed by atoms with Gasteiger partial charge in [0.25, 0.3) is 5.91 Å². The van der Waals surface area contributed by atoms with Crippen LogP contribution in [-0.4, -0.2) is 41.8 Å². The number of hydrogen-bond acceptors (Lipinski definition) is 5. The minimum atomic E-state index is -0.990. The molecular weight excluding hydrogens is 370 g/mol. The second-order valence-corrected chi connectivity index (χ2v) is 7.33. The number of nitrogens with zero attached hydrogens (tertiary/aromatic N) is 2. The molecule has 2 aromatic rings. The smallest absolute Gasteiger partial charge is 0.276 e. The van der Waals surface area contributed by atoms with Gasteiger partial charge in [-0.3, -0.25) is 4.79 Å². The molecule has 2 heterocycles. The molecule has 8 heteroatoms. The summed E-state index contributed by atoms with van der Waals surface area (Å²) in [6.07, 6.45) is 4.33. The van der Waals surface area contributed by atoms with Crippen LogP contribution in [0.4, 0.5) is 8.78 Å². The molecule has 1 aliphatic heterocycles. The Kier molecular flexibility index (Phi) is 5.57. The van der Waals surface area contributed by atoms with Crippen LogP contribution in [0, 0.1) is 17.6 Å². The molecule has 1 saturated carbocycles. The first-order valence-electron chi connectivity index (χ1n) is 9.53. The van der Waals surface area contributed by atoms with Gasteiger partial charge in [0.05, 0.1) is 6.10 Å². The van der Waals surface area contributed by atoms with E-state index in [4.69, 9.17) is 14.0 Å². The number of amides is 1. The number of ether oxygens (including phenoxy) is 2. The Bertz CT molecular complexity index is 831. The van der Waals surface area contributed by atoms with E-state index in [2.05, 4.69) is 5.16 Å². The van der Waals surface area contributed by atoms with Gasteiger partial charge in [0.2, 0.25) is 0 Å². The van der Waals surface area contributed by atoms with Gasteiger partial charge in [0.1, 0.15) is 12.4 Å². The maximum atomic E-state index is 13.2. The molecular formula is C20H22F2N2O4. The van der Waals surface area contributed by atoms with Crippen LogP contribution < -0.4 is 4.74 Å². The van der Waals surface area contributed by atoms with Crippen molar-refractivity contribution in [3.63, 3.8) is 0 Å². The average Bonchev–Trinajstić information content (AvgIpc) is 3.16. The molecule has 28 heavy (non-hydrogen) atoms.